The van der Waals surface area contributed by atoms with Crippen molar-refractivity contribution in [3.05, 3.63) is 125 Å². The highest BCUT2D eigenvalue weighted by atomic mass is 14.5. The third-order valence-electron chi connectivity index (χ3n) is 7.12. The zero-order chi connectivity index (χ0) is 21.3. The third kappa shape index (κ3) is 3.65. The molecule has 1 saturated carbocycles. The summed E-state index contributed by atoms with van der Waals surface area (Å²) in [6.07, 6.45) is 4.07. The number of nitrogen functional groups attached to an aromatic ring is 1. The van der Waals surface area contributed by atoms with Gasteiger partial charge in [-0.3, -0.25) is 0 Å². The van der Waals surface area contributed by atoms with Crippen molar-refractivity contribution in [1.82, 2.24) is 0 Å². The van der Waals surface area contributed by atoms with E-state index >= 15 is 0 Å². The molecule has 1 unspecified atom stereocenters. The summed E-state index contributed by atoms with van der Waals surface area (Å²) in [6, 6.07) is 37.3. The Morgan fingerprint density at radius 3 is 1.61 bits per heavy atom. The van der Waals surface area contributed by atoms with Gasteiger partial charge >= 0.3 is 0 Å². The van der Waals surface area contributed by atoms with E-state index in [2.05, 4.69) is 97.9 Å². The van der Waals surface area contributed by atoms with E-state index in [9.17, 15) is 0 Å². The van der Waals surface area contributed by atoms with Crippen molar-refractivity contribution in [1.29, 1.82) is 0 Å². The van der Waals surface area contributed by atoms with Gasteiger partial charge in [-0.25, -0.2) is 0 Å². The minimum Gasteiger partial charge on any atom is -0.399 e. The van der Waals surface area contributed by atoms with E-state index in [-0.39, 0.29) is 5.41 Å². The van der Waals surface area contributed by atoms with Crippen LogP contribution in [0.4, 0.5) is 5.69 Å². The maximum absolute atomic E-state index is 5.97. The Labute approximate surface area is 185 Å². The fourth-order valence-corrected chi connectivity index (χ4v) is 4.77. The lowest BCUT2D eigenvalue weighted by Crippen LogP contribution is -2.25. The summed E-state index contributed by atoms with van der Waals surface area (Å²) in [5.74, 6) is 0.780. The zero-order valence-electron chi connectivity index (χ0n) is 18.1. The van der Waals surface area contributed by atoms with Gasteiger partial charge in [0.2, 0.25) is 0 Å². The molecule has 1 nitrogen and oxygen atoms in total. The molecule has 5 rings (SSSR count). The molecule has 2 N–H and O–H groups in total. The van der Waals surface area contributed by atoms with Crippen LogP contribution in [0, 0.1) is 0 Å². The highest BCUT2D eigenvalue weighted by Crippen LogP contribution is 2.40. The van der Waals surface area contributed by atoms with Crippen LogP contribution in [0.5, 0.6) is 0 Å². The van der Waals surface area contributed by atoms with E-state index in [1.54, 1.807) is 0 Å². The Bertz CT molecular complexity index is 1140. The van der Waals surface area contributed by atoms with Gasteiger partial charge in [0.1, 0.15) is 0 Å². The normalized spacial score (nSPS) is 15.8. The Hall–Kier alpha value is -3.32. The average molecular weight is 404 g/mol. The van der Waals surface area contributed by atoms with Crippen LogP contribution in [0.3, 0.4) is 0 Å². The molecule has 1 aliphatic rings. The highest BCUT2D eigenvalue weighted by Gasteiger charge is 2.31. The number of hydrogen-bond acceptors (Lipinski definition) is 1. The van der Waals surface area contributed by atoms with Gasteiger partial charge in [0.05, 0.1) is 0 Å². The second-order valence-corrected chi connectivity index (χ2v) is 8.94. The molecule has 0 amide bonds. The molecule has 4 aromatic rings. The van der Waals surface area contributed by atoms with Crippen LogP contribution < -0.4 is 5.73 Å². The second kappa shape index (κ2) is 8.07. The predicted octanol–water partition coefficient (Wildman–Crippen LogP) is 7.56. The van der Waals surface area contributed by atoms with E-state index in [0.29, 0.717) is 0 Å². The minimum atomic E-state index is -0.248. The predicted molar refractivity (Wildman–Crippen MR) is 131 cm³/mol. The number of rotatable bonds is 5. The van der Waals surface area contributed by atoms with Crippen LogP contribution in [0.25, 0.3) is 11.1 Å². The van der Waals surface area contributed by atoms with Crippen molar-refractivity contribution in [3.63, 3.8) is 0 Å². The Kier molecular flexibility index (Phi) is 5.11. The van der Waals surface area contributed by atoms with Crippen molar-refractivity contribution < 1.29 is 0 Å². The lowest BCUT2D eigenvalue weighted by atomic mass is 9.71. The maximum atomic E-state index is 5.97. The monoisotopic (exact) mass is 403 g/mol. The SMILES string of the molecule is CC(c1ccccc1)(c1ccc(N)cc1)c1ccc(-c2ccc(C3CCC3)cc2)cc1. The third-order valence-corrected chi connectivity index (χ3v) is 7.12. The molecule has 154 valence electrons. The summed E-state index contributed by atoms with van der Waals surface area (Å²) in [7, 11) is 0. The summed E-state index contributed by atoms with van der Waals surface area (Å²) in [4.78, 5) is 0. The molecule has 0 radical (unpaired) electrons. The van der Waals surface area contributed by atoms with Crippen LogP contribution in [0.15, 0.2) is 103 Å². The summed E-state index contributed by atoms with van der Waals surface area (Å²) < 4.78 is 0. The average Bonchev–Trinajstić information content (AvgIpc) is 2.79. The molecule has 0 heterocycles. The summed E-state index contributed by atoms with van der Waals surface area (Å²) in [6.45, 7) is 2.30. The maximum Gasteiger partial charge on any atom is 0.0423 e. The fourth-order valence-electron chi connectivity index (χ4n) is 4.77. The smallest absolute Gasteiger partial charge is 0.0423 e. The Morgan fingerprint density at radius 2 is 1.10 bits per heavy atom. The van der Waals surface area contributed by atoms with Crippen molar-refractivity contribution in [2.24, 2.45) is 0 Å². The van der Waals surface area contributed by atoms with E-state index in [1.807, 2.05) is 12.1 Å². The van der Waals surface area contributed by atoms with Gasteiger partial charge in [0.15, 0.2) is 0 Å². The molecule has 0 bridgehead atoms. The quantitative estimate of drug-likeness (QED) is 0.270. The van der Waals surface area contributed by atoms with Crippen molar-refractivity contribution in [2.75, 3.05) is 5.73 Å². The largest absolute Gasteiger partial charge is 0.399 e. The topological polar surface area (TPSA) is 26.0 Å². The fraction of sp³-hybridized carbons (Fsp3) is 0.200. The number of benzene rings is 4. The van der Waals surface area contributed by atoms with Crippen LogP contribution in [-0.4, -0.2) is 0 Å². The molecule has 0 spiro atoms. The highest BCUT2D eigenvalue weighted by molar-refractivity contribution is 5.65. The van der Waals surface area contributed by atoms with Crippen molar-refractivity contribution in [2.45, 2.75) is 37.5 Å². The molecule has 1 fully saturated rings. The summed E-state index contributed by atoms with van der Waals surface area (Å²) >= 11 is 0. The number of anilines is 1. The van der Waals surface area contributed by atoms with Crippen LogP contribution in [-0.2, 0) is 5.41 Å². The molecule has 31 heavy (non-hydrogen) atoms. The van der Waals surface area contributed by atoms with Gasteiger partial charge < -0.3 is 5.73 Å². The van der Waals surface area contributed by atoms with E-state index in [0.717, 1.165) is 11.6 Å². The standard InChI is InChI=1S/C30H29N/c1-30(26-8-3-2-4-9-26,28-18-20-29(31)21-19-28)27-16-14-25(15-17-27)24-12-10-23(11-13-24)22-6-5-7-22/h2-4,8-22H,5-7,31H2,1H3. The minimum absolute atomic E-state index is 0.248. The number of hydrogen-bond donors (Lipinski definition) is 1. The summed E-state index contributed by atoms with van der Waals surface area (Å²) in [5.41, 5.74) is 14.3. The van der Waals surface area contributed by atoms with Crippen molar-refractivity contribution >= 4 is 5.69 Å². The van der Waals surface area contributed by atoms with Crippen LogP contribution in [0.2, 0.25) is 0 Å². The molecule has 4 aromatic carbocycles. The Morgan fingerprint density at radius 1 is 0.613 bits per heavy atom. The molecule has 1 heteroatoms. The Balaban J connectivity index is 1.51. The van der Waals surface area contributed by atoms with Crippen LogP contribution >= 0.6 is 0 Å². The van der Waals surface area contributed by atoms with Gasteiger partial charge in [0, 0.05) is 11.1 Å². The van der Waals surface area contributed by atoms with E-state index < -0.39 is 0 Å². The van der Waals surface area contributed by atoms with Crippen LogP contribution in [0.1, 0.15) is 54.4 Å². The van der Waals surface area contributed by atoms with Gasteiger partial charge in [0.25, 0.3) is 0 Å². The molecule has 0 aliphatic heterocycles. The molecule has 1 atom stereocenters. The van der Waals surface area contributed by atoms with Crippen molar-refractivity contribution in [3.8, 4) is 11.1 Å². The summed E-state index contributed by atoms with van der Waals surface area (Å²) in [5, 5.41) is 0. The first-order chi connectivity index (χ1) is 15.1. The lowest BCUT2D eigenvalue weighted by Gasteiger charge is -2.32. The van der Waals surface area contributed by atoms with Gasteiger partial charge in [-0.05, 0) is 71.2 Å². The first kappa shape index (κ1) is 19.6. The molecular formula is C30H29N. The molecular weight excluding hydrogens is 374 g/mol. The second-order valence-electron chi connectivity index (χ2n) is 8.94. The first-order valence-electron chi connectivity index (χ1n) is 11.3. The zero-order valence-corrected chi connectivity index (χ0v) is 18.1. The van der Waals surface area contributed by atoms with Gasteiger partial charge in [-0.15, -0.1) is 0 Å². The van der Waals surface area contributed by atoms with Gasteiger partial charge in [-0.2, -0.15) is 0 Å². The van der Waals surface area contributed by atoms with E-state index in [4.69, 9.17) is 5.73 Å². The molecule has 0 aromatic heterocycles. The van der Waals surface area contributed by atoms with E-state index in [1.165, 1.54) is 52.6 Å². The molecule has 1 aliphatic carbocycles. The number of nitrogens with two attached hydrogens (primary N) is 1. The molecule has 0 saturated heterocycles. The first-order valence-corrected chi connectivity index (χ1v) is 11.3. The lowest BCUT2D eigenvalue weighted by molar-refractivity contribution is 0.420. The van der Waals surface area contributed by atoms with Gasteiger partial charge in [-0.1, -0.05) is 97.4 Å².